The van der Waals surface area contributed by atoms with Crippen molar-refractivity contribution < 1.29 is 4.74 Å². The number of hydrogen-bond acceptors (Lipinski definition) is 3. The van der Waals surface area contributed by atoms with Crippen molar-refractivity contribution >= 4 is 28.6 Å². The molecule has 5 heteroatoms. The second-order valence-electron chi connectivity index (χ2n) is 4.57. The van der Waals surface area contributed by atoms with E-state index in [1.54, 1.807) is 7.11 Å². The minimum absolute atomic E-state index is 0.440. The number of aromatic nitrogens is 2. The Labute approximate surface area is 121 Å². The van der Waals surface area contributed by atoms with E-state index in [0.29, 0.717) is 16.7 Å². The minimum atomic E-state index is 0.440. The minimum Gasteiger partial charge on any atom is -0.495 e. The van der Waals surface area contributed by atoms with Crippen LogP contribution in [0.1, 0.15) is 5.56 Å². The van der Waals surface area contributed by atoms with Crippen LogP contribution in [0.4, 0.5) is 5.95 Å². The standard InChI is InChI=1S/C15H14ClN3O/c1-9-4-3-5-12-14(9)19(15(17)18-12)10-6-7-13(20-2)11(16)8-10/h3-8H,1-2H3,(H2,17,18). The first-order valence-corrected chi connectivity index (χ1v) is 6.57. The molecule has 0 aliphatic rings. The van der Waals surface area contributed by atoms with Gasteiger partial charge in [-0.3, -0.25) is 4.57 Å². The third-order valence-corrected chi connectivity index (χ3v) is 3.59. The van der Waals surface area contributed by atoms with Gasteiger partial charge in [0.15, 0.2) is 0 Å². The zero-order chi connectivity index (χ0) is 14.3. The topological polar surface area (TPSA) is 53.1 Å². The van der Waals surface area contributed by atoms with Crippen molar-refractivity contribution in [2.24, 2.45) is 0 Å². The average Bonchev–Trinajstić information content (AvgIpc) is 2.76. The Hall–Kier alpha value is -2.20. The maximum absolute atomic E-state index is 6.19. The molecule has 0 fully saturated rings. The number of aryl methyl sites for hydroxylation is 1. The van der Waals surface area contributed by atoms with Gasteiger partial charge in [-0.25, -0.2) is 4.98 Å². The fourth-order valence-corrected chi connectivity index (χ4v) is 2.62. The molecule has 0 saturated heterocycles. The van der Waals surface area contributed by atoms with E-state index < -0.39 is 0 Å². The number of fused-ring (bicyclic) bond motifs is 1. The summed E-state index contributed by atoms with van der Waals surface area (Å²) in [6.45, 7) is 2.03. The Bertz CT molecular complexity index is 795. The van der Waals surface area contributed by atoms with E-state index in [4.69, 9.17) is 22.1 Å². The van der Waals surface area contributed by atoms with Crippen LogP contribution in [0.15, 0.2) is 36.4 Å². The summed E-state index contributed by atoms with van der Waals surface area (Å²) in [6, 6.07) is 11.5. The number of para-hydroxylation sites is 1. The monoisotopic (exact) mass is 287 g/mol. The highest BCUT2D eigenvalue weighted by Crippen LogP contribution is 2.31. The molecule has 1 heterocycles. The Morgan fingerprint density at radius 2 is 2.05 bits per heavy atom. The normalized spacial score (nSPS) is 10.9. The molecule has 20 heavy (non-hydrogen) atoms. The van der Waals surface area contributed by atoms with E-state index in [-0.39, 0.29) is 0 Å². The van der Waals surface area contributed by atoms with Crippen molar-refractivity contribution in [1.82, 2.24) is 9.55 Å². The number of nitrogen functional groups attached to an aromatic ring is 1. The summed E-state index contributed by atoms with van der Waals surface area (Å²) >= 11 is 6.19. The van der Waals surface area contributed by atoms with Gasteiger partial charge in [0, 0.05) is 0 Å². The van der Waals surface area contributed by atoms with E-state index in [9.17, 15) is 0 Å². The van der Waals surface area contributed by atoms with Gasteiger partial charge >= 0.3 is 0 Å². The molecule has 0 bridgehead atoms. The molecule has 0 radical (unpaired) electrons. The molecule has 0 amide bonds. The maximum Gasteiger partial charge on any atom is 0.205 e. The molecule has 0 saturated carbocycles. The third kappa shape index (κ3) is 1.89. The van der Waals surface area contributed by atoms with Crippen LogP contribution in [0.3, 0.4) is 0 Å². The summed E-state index contributed by atoms with van der Waals surface area (Å²) in [5.41, 5.74) is 9.89. The highest BCUT2D eigenvalue weighted by Gasteiger charge is 2.13. The number of ether oxygens (including phenoxy) is 1. The Morgan fingerprint density at radius 1 is 1.25 bits per heavy atom. The van der Waals surface area contributed by atoms with Gasteiger partial charge in [-0.05, 0) is 36.8 Å². The van der Waals surface area contributed by atoms with Gasteiger partial charge in [-0.2, -0.15) is 0 Å². The summed E-state index contributed by atoms with van der Waals surface area (Å²) in [5.74, 6) is 1.07. The number of anilines is 1. The molecule has 0 atom stereocenters. The third-order valence-electron chi connectivity index (χ3n) is 3.30. The van der Waals surface area contributed by atoms with Gasteiger partial charge in [0.2, 0.25) is 5.95 Å². The largest absolute Gasteiger partial charge is 0.495 e. The summed E-state index contributed by atoms with van der Waals surface area (Å²) < 4.78 is 7.07. The molecular weight excluding hydrogens is 274 g/mol. The van der Waals surface area contributed by atoms with E-state index in [1.807, 2.05) is 47.9 Å². The Balaban J connectivity index is 2.29. The lowest BCUT2D eigenvalue weighted by atomic mass is 10.2. The number of methoxy groups -OCH3 is 1. The van der Waals surface area contributed by atoms with Crippen molar-refractivity contribution in [1.29, 1.82) is 0 Å². The molecule has 102 valence electrons. The first-order chi connectivity index (χ1) is 9.61. The van der Waals surface area contributed by atoms with Crippen LogP contribution in [0.25, 0.3) is 16.7 Å². The second-order valence-corrected chi connectivity index (χ2v) is 4.97. The number of nitrogens with zero attached hydrogens (tertiary/aromatic N) is 2. The van der Waals surface area contributed by atoms with Gasteiger partial charge in [0.1, 0.15) is 5.75 Å². The molecule has 2 aromatic carbocycles. The fourth-order valence-electron chi connectivity index (χ4n) is 2.37. The zero-order valence-corrected chi connectivity index (χ0v) is 12.0. The number of imidazole rings is 1. The SMILES string of the molecule is COc1ccc(-n2c(N)nc3cccc(C)c32)cc1Cl. The highest BCUT2D eigenvalue weighted by atomic mass is 35.5. The van der Waals surface area contributed by atoms with Crippen LogP contribution in [-0.2, 0) is 0 Å². The summed E-state index contributed by atoms with van der Waals surface area (Å²) in [6.07, 6.45) is 0. The quantitative estimate of drug-likeness (QED) is 0.784. The van der Waals surface area contributed by atoms with Gasteiger partial charge in [-0.15, -0.1) is 0 Å². The molecule has 1 aromatic heterocycles. The number of nitrogens with two attached hydrogens (primary N) is 1. The lowest BCUT2D eigenvalue weighted by molar-refractivity contribution is 0.415. The van der Waals surface area contributed by atoms with Crippen LogP contribution in [0, 0.1) is 6.92 Å². The zero-order valence-electron chi connectivity index (χ0n) is 11.2. The smallest absolute Gasteiger partial charge is 0.205 e. The molecule has 0 aliphatic heterocycles. The fraction of sp³-hybridized carbons (Fsp3) is 0.133. The van der Waals surface area contributed by atoms with E-state index >= 15 is 0 Å². The first kappa shape index (κ1) is 12.8. The molecular formula is C15H14ClN3O. The van der Waals surface area contributed by atoms with E-state index in [2.05, 4.69) is 4.98 Å². The first-order valence-electron chi connectivity index (χ1n) is 6.19. The van der Waals surface area contributed by atoms with Crippen LogP contribution in [0.2, 0.25) is 5.02 Å². The Kier molecular flexibility index (Phi) is 3.03. The van der Waals surface area contributed by atoms with Crippen molar-refractivity contribution in [2.75, 3.05) is 12.8 Å². The van der Waals surface area contributed by atoms with Gasteiger partial charge in [0.05, 0.1) is 28.9 Å². The van der Waals surface area contributed by atoms with Gasteiger partial charge < -0.3 is 10.5 Å². The molecule has 0 spiro atoms. The number of benzene rings is 2. The van der Waals surface area contributed by atoms with Gasteiger partial charge in [0.25, 0.3) is 0 Å². The second kappa shape index (κ2) is 4.72. The summed E-state index contributed by atoms with van der Waals surface area (Å²) in [4.78, 5) is 4.39. The van der Waals surface area contributed by atoms with Gasteiger partial charge in [-0.1, -0.05) is 23.7 Å². The lowest BCUT2D eigenvalue weighted by Gasteiger charge is -2.10. The highest BCUT2D eigenvalue weighted by molar-refractivity contribution is 6.32. The van der Waals surface area contributed by atoms with Crippen LogP contribution < -0.4 is 10.5 Å². The van der Waals surface area contributed by atoms with Crippen LogP contribution in [-0.4, -0.2) is 16.7 Å². The summed E-state index contributed by atoms with van der Waals surface area (Å²) in [5, 5.41) is 0.542. The van der Waals surface area contributed by atoms with E-state index in [0.717, 1.165) is 22.3 Å². The molecule has 2 N–H and O–H groups in total. The Morgan fingerprint density at radius 3 is 2.75 bits per heavy atom. The molecule has 4 nitrogen and oxygen atoms in total. The molecule has 3 aromatic rings. The molecule has 3 rings (SSSR count). The molecule has 0 aliphatic carbocycles. The number of rotatable bonds is 2. The van der Waals surface area contributed by atoms with Crippen molar-refractivity contribution in [3.8, 4) is 11.4 Å². The maximum atomic E-state index is 6.19. The predicted octanol–water partition coefficient (Wildman–Crippen LogP) is 3.58. The van der Waals surface area contributed by atoms with E-state index in [1.165, 1.54) is 0 Å². The number of hydrogen-bond donors (Lipinski definition) is 1. The molecule has 0 unspecified atom stereocenters. The average molecular weight is 288 g/mol. The predicted molar refractivity (Wildman–Crippen MR) is 81.8 cm³/mol. The van der Waals surface area contributed by atoms with Crippen molar-refractivity contribution in [2.45, 2.75) is 6.92 Å². The van der Waals surface area contributed by atoms with Crippen LogP contribution in [0.5, 0.6) is 5.75 Å². The lowest BCUT2D eigenvalue weighted by Crippen LogP contribution is -2.01. The van der Waals surface area contributed by atoms with Crippen LogP contribution >= 0.6 is 11.6 Å². The number of halogens is 1. The summed E-state index contributed by atoms with van der Waals surface area (Å²) in [7, 11) is 1.59. The van der Waals surface area contributed by atoms with Crippen molar-refractivity contribution in [3.05, 3.63) is 47.0 Å². The van der Waals surface area contributed by atoms with Crippen molar-refractivity contribution in [3.63, 3.8) is 0 Å².